The van der Waals surface area contributed by atoms with Gasteiger partial charge in [0.1, 0.15) is 11.8 Å². The van der Waals surface area contributed by atoms with Crippen LogP contribution in [0.5, 0.6) is 5.75 Å². The Morgan fingerprint density at radius 2 is 1.64 bits per heavy atom. The van der Waals surface area contributed by atoms with E-state index >= 15 is 0 Å². The second-order valence-electron chi connectivity index (χ2n) is 7.74. The van der Waals surface area contributed by atoms with Gasteiger partial charge in [0.05, 0.1) is 17.5 Å². The number of thiophene rings is 1. The molecule has 2 atom stereocenters. The number of hydrogen-bond acceptors (Lipinski definition) is 2. The van der Waals surface area contributed by atoms with E-state index in [1.165, 1.54) is 16.0 Å². The molecule has 0 fully saturated rings. The molecule has 0 amide bonds. The minimum atomic E-state index is 0.208. The Balaban J connectivity index is 1.66. The van der Waals surface area contributed by atoms with E-state index in [-0.39, 0.29) is 6.10 Å². The van der Waals surface area contributed by atoms with E-state index < -0.39 is 0 Å². The van der Waals surface area contributed by atoms with Gasteiger partial charge in [-0.3, -0.25) is 0 Å². The summed E-state index contributed by atoms with van der Waals surface area (Å²) in [6, 6.07) is 24.5. The normalized spacial score (nSPS) is 13.4. The molecule has 2 nitrogen and oxygen atoms in total. The van der Waals surface area contributed by atoms with Gasteiger partial charge in [0, 0.05) is 6.42 Å². The molecule has 0 spiro atoms. The fraction of sp³-hybridized carbons (Fsp3) is 0.360. The fourth-order valence-electron chi connectivity index (χ4n) is 3.59. The van der Waals surface area contributed by atoms with Crippen LogP contribution < -0.4 is 10.1 Å². The quantitative estimate of drug-likeness (QED) is 0.477. The zero-order chi connectivity index (χ0) is 19.8. The van der Waals surface area contributed by atoms with Crippen LogP contribution in [0, 0.1) is 0 Å². The molecule has 3 heteroatoms. The third kappa shape index (κ3) is 6.22. The summed E-state index contributed by atoms with van der Waals surface area (Å²) in [5.41, 5.74) is 2.80. The first kappa shape index (κ1) is 20.6. The molecule has 0 radical (unpaired) electrons. The number of rotatable bonds is 10. The van der Waals surface area contributed by atoms with Crippen molar-refractivity contribution < 1.29 is 10.1 Å². The predicted molar refractivity (Wildman–Crippen MR) is 119 cm³/mol. The standard InChI is InChI=1S/C25H31NOS/c1-19(2)27-24-13-11-22(12-14-24)23(18-21-8-5-4-6-9-21)15-16-26-20(3)25-10-7-17-28-25/h4-14,17,19-20,23,26H,15-16,18H2,1-3H3/p+1/t20-,23+/m1/s1. The average molecular weight is 395 g/mol. The molecule has 0 aliphatic carbocycles. The Bertz CT molecular complexity index is 796. The van der Waals surface area contributed by atoms with Crippen molar-refractivity contribution in [2.75, 3.05) is 6.54 Å². The second-order valence-corrected chi connectivity index (χ2v) is 8.72. The topological polar surface area (TPSA) is 25.8 Å². The summed E-state index contributed by atoms with van der Waals surface area (Å²) in [5, 5.41) is 4.64. The highest BCUT2D eigenvalue weighted by Gasteiger charge is 2.16. The lowest BCUT2D eigenvalue weighted by atomic mass is 9.89. The molecule has 1 aromatic heterocycles. The van der Waals surface area contributed by atoms with Gasteiger partial charge < -0.3 is 10.1 Å². The Hall–Kier alpha value is -2.10. The lowest BCUT2D eigenvalue weighted by Crippen LogP contribution is -2.84. The number of nitrogens with two attached hydrogens (primary N) is 1. The maximum Gasteiger partial charge on any atom is 0.119 e. The van der Waals surface area contributed by atoms with Crippen LogP contribution in [0.15, 0.2) is 72.1 Å². The molecule has 0 aliphatic heterocycles. The largest absolute Gasteiger partial charge is 0.491 e. The summed E-state index contributed by atoms with van der Waals surface area (Å²) in [6.45, 7) is 7.56. The molecule has 0 aliphatic rings. The molecule has 3 rings (SSSR count). The third-order valence-corrected chi connectivity index (χ3v) is 6.15. The predicted octanol–water partition coefficient (Wildman–Crippen LogP) is 5.58. The van der Waals surface area contributed by atoms with Crippen LogP contribution in [0.3, 0.4) is 0 Å². The summed E-state index contributed by atoms with van der Waals surface area (Å²) >= 11 is 1.85. The minimum Gasteiger partial charge on any atom is -0.491 e. The van der Waals surface area contributed by atoms with Crippen LogP contribution in [-0.2, 0) is 6.42 Å². The van der Waals surface area contributed by atoms with Crippen LogP contribution in [0.1, 0.15) is 55.2 Å². The van der Waals surface area contributed by atoms with Crippen LogP contribution in [0.2, 0.25) is 0 Å². The number of quaternary nitrogens is 1. The summed E-state index contributed by atoms with van der Waals surface area (Å²) in [6.07, 6.45) is 2.45. The van der Waals surface area contributed by atoms with Gasteiger partial charge in [0.25, 0.3) is 0 Å². The first-order chi connectivity index (χ1) is 13.6. The van der Waals surface area contributed by atoms with Gasteiger partial charge in [-0.15, -0.1) is 11.3 Å². The smallest absolute Gasteiger partial charge is 0.119 e. The number of ether oxygens (including phenoxy) is 1. The molecule has 28 heavy (non-hydrogen) atoms. The number of benzene rings is 2. The van der Waals surface area contributed by atoms with Crippen LogP contribution >= 0.6 is 11.3 Å². The molecule has 0 unspecified atom stereocenters. The second kappa shape index (κ2) is 10.4. The zero-order valence-electron chi connectivity index (χ0n) is 17.2. The van der Waals surface area contributed by atoms with Gasteiger partial charge in [-0.1, -0.05) is 48.5 Å². The Labute approximate surface area is 173 Å². The van der Waals surface area contributed by atoms with Gasteiger partial charge in [-0.05, 0) is 67.8 Å². The molecule has 2 N–H and O–H groups in total. The van der Waals surface area contributed by atoms with E-state index in [9.17, 15) is 0 Å². The van der Waals surface area contributed by atoms with Crippen molar-refractivity contribution in [3.8, 4) is 5.75 Å². The van der Waals surface area contributed by atoms with Gasteiger partial charge in [0.15, 0.2) is 0 Å². The Morgan fingerprint density at radius 1 is 0.893 bits per heavy atom. The number of hydrogen-bond donors (Lipinski definition) is 1. The molecular formula is C25H32NOS+. The summed E-state index contributed by atoms with van der Waals surface area (Å²) < 4.78 is 5.82. The van der Waals surface area contributed by atoms with Gasteiger partial charge in [-0.25, -0.2) is 0 Å². The molecule has 2 aromatic carbocycles. The SMILES string of the molecule is CC(C)Oc1ccc([C@@H](CC[NH2+][C@H](C)c2cccs2)Cc2ccccc2)cc1. The lowest BCUT2D eigenvalue weighted by Gasteiger charge is -2.19. The van der Waals surface area contributed by atoms with Gasteiger partial charge >= 0.3 is 0 Å². The highest BCUT2D eigenvalue weighted by Crippen LogP contribution is 2.26. The highest BCUT2D eigenvalue weighted by molar-refractivity contribution is 7.10. The first-order valence-electron chi connectivity index (χ1n) is 10.3. The first-order valence-corrected chi connectivity index (χ1v) is 11.2. The van der Waals surface area contributed by atoms with Gasteiger partial charge in [0.2, 0.25) is 0 Å². The summed E-state index contributed by atoms with van der Waals surface area (Å²) in [5.74, 6) is 1.47. The van der Waals surface area contributed by atoms with E-state index in [0.717, 1.165) is 25.1 Å². The van der Waals surface area contributed by atoms with E-state index in [0.29, 0.717) is 12.0 Å². The molecule has 0 saturated heterocycles. The van der Waals surface area contributed by atoms with Crippen LogP contribution in [0.25, 0.3) is 0 Å². The van der Waals surface area contributed by atoms with E-state index in [1.54, 1.807) is 0 Å². The van der Waals surface area contributed by atoms with E-state index in [1.807, 2.05) is 11.3 Å². The highest BCUT2D eigenvalue weighted by atomic mass is 32.1. The summed E-state index contributed by atoms with van der Waals surface area (Å²) in [4.78, 5) is 1.45. The minimum absolute atomic E-state index is 0.208. The maximum absolute atomic E-state index is 5.82. The van der Waals surface area contributed by atoms with Gasteiger partial charge in [-0.2, -0.15) is 0 Å². The molecule has 148 valence electrons. The maximum atomic E-state index is 5.82. The van der Waals surface area contributed by atoms with Crippen molar-refractivity contribution in [1.82, 2.24) is 0 Å². The molecule has 0 saturated carbocycles. The van der Waals surface area contributed by atoms with E-state index in [2.05, 4.69) is 98.2 Å². The van der Waals surface area contributed by atoms with E-state index in [4.69, 9.17) is 4.74 Å². The monoisotopic (exact) mass is 394 g/mol. The molecule has 0 bridgehead atoms. The van der Waals surface area contributed by atoms with Crippen LogP contribution in [-0.4, -0.2) is 12.6 Å². The van der Waals surface area contributed by atoms with Crippen molar-refractivity contribution in [3.05, 3.63) is 88.1 Å². The average Bonchev–Trinajstić information content (AvgIpc) is 3.23. The Kier molecular flexibility index (Phi) is 7.70. The van der Waals surface area contributed by atoms with Crippen LogP contribution in [0.4, 0.5) is 0 Å². The Morgan fingerprint density at radius 3 is 2.29 bits per heavy atom. The molecular weight excluding hydrogens is 362 g/mol. The molecule has 3 aromatic rings. The summed E-state index contributed by atoms with van der Waals surface area (Å²) in [7, 11) is 0. The van der Waals surface area contributed by atoms with Crippen molar-refractivity contribution >= 4 is 11.3 Å². The fourth-order valence-corrected chi connectivity index (χ4v) is 4.37. The van der Waals surface area contributed by atoms with Crippen molar-refractivity contribution in [3.63, 3.8) is 0 Å². The lowest BCUT2D eigenvalue weighted by molar-refractivity contribution is -0.692. The van der Waals surface area contributed by atoms with Crippen molar-refractivity contribution in [2.24, 2.45) is 0 Å². The van der Waals surface area contributed by atoms with Crippen molar-refractivity contribution in [1.29, 1.82) is 0 Å². The zero-order valence-corrected chi connectivity index (χ0v) is 18.0. The molecule has 1 heterocycles. The third-order valence-electron chi connectivity index (χ3n) is 5.08. The van der Waals surface area contributed by atoms with Crippen molar-refractivity contribution in [2.45, 2.75) is 51.7 Å².